The molecule has 3 saturated carbocycles. The number of aliphatic hydroxyl groups excluding tert-OH is 1. The molecule has 1 unspecified atom stereocenters. The van der Waals surface area contributed by atoms with Gasteiger partial charge in [0.2, 0.25) is 5.78 Å². The highest BCUT2D eigenvalue weighted by atomic mass is 35.5. The van der Waals surface area contributed by atoms with E-state index in [1.165, 1.54) is 13.2 Å². The molecule has 8 nitrogen and oxygen atoms in total. The van der Waals surface area contributed by atoms with Crippen LogP contribution in [-0.4, -0.2) is 59.1 Å². The maximum Gasteiger partial charge on any atom is 0.509 e. The second-order valence-electron chi connectivity index (χ2n) is 11.1. The summed E-state index contributed by atoms with van der Waals surface area (Å²) in [6, 6.07) is 0. The van der Waals surface area contributed by atoms with Gasteiger partial charge in [0, 0.05) is 23.2 Å². The van der Waals surface area contributed by atoms with Crippen molar-refractivity contribution >= 4 is 35.3 Å². The highest BCUT2D eigenvalue weighted by Crippen LogP contribution is 2.72. The molecule has 0 bridgehead atoms. The zero-order valence-electron chi connectivity index (χ0n) is 21.5. The Labute approximate surface area is 216 Å². The van der Waals surface area contributed by atoms with Gasteiger partial charge in [0.05, 0.1) is 18.1 Å². The zero-order chi connectivity index (χ0) is 26.7. The molecular weight excluding hydrogens is 488 g/mol. The Morgan fingerprint density at radius 2 is 1.92 bits per heavy atom. The van der Waals surface area contributed by atoms with Gasteiger partial charge < -0.3 is 19.3 Å². The zero-order valence-corrected chi connectivity index (χ0v) is 22.2. The van der Waals surface area contributed by atoms with Gasteiger partial charge in [-0.1, -0.05) is 39.3 Å². The molecule has 36 heavy (non-hydrogen) atoms. The largest absolute Gasteiger partial charge is 0.509 e. The Hall–Kier alpha value is -2.19. The Balaban J connectivity index is 1.80. The van der Waals surface area contributed by atoms with E-state index in [0.29, 0.717) is 19.3 Å². The van der Waals surface area contributed by atoms with E-state index in [1.807, 2.05) is 26.8 Å². The normalized spacial score (nSPS) is 43.0. The minimum absolute atomic E-state index is 0.0805. The van der Waals surface area contributed by atoms with E-state index in [1.54, 1.807) is 13.0 Å². The quantitative estimate of drug-likeness (QED) is 0.426. The van der Waals surface area contributed by atoms with Crippen LogP contribution in [0.25, 0.3) is 0 Å². The highest BCUT2D eigenvalue weighted by molar-refractivity contribution is 6.26. The number of methoxy groups -OCH3 is 1. The van der Waals surface area contributed by atoms with Gasteiger partial charge >= 0.3 is 12.1 Å². The lowest BCUT2D eigenvalue weighted by Gasteiger charge is -2.64. The number of carbonyl (C=O) groups excluding carboxylic acids is 4. The predicted octanol–water partition coefficient (Wildman–Crippen LogP) is 3.92. The fourth-order valence-electron chi connectivity index (χ4n) is 7.93. The average molecular weight is 523 g/mol. The van der Waals surface area contributed by atoms with Gasteiger partial charge in [0.1, 0.15) is 0 Å². The van der Waals surface area contributed by atoms with E-state index in [0.717, 1.165) is 5.57 Å². The predicted molar refractivity (Wildman–Crippen MR) is 130 cm³/mol. The van der Waals surface area contributed by atoms with Gasteiger partial charge in [-0.2, -0.15) is 0 Å². The first-order valence-corrected chi connectivity index (χ1v) is 13.0. The van der Waals surface area contributed by atoms with Gasteiger partial charge in [-0.05, 0) is 49.7 Å². The van der Waals surface area contributed by atoms with Gasteiger partial charge in [-0.3, -0.25) is 14.4 Å². The molecule has 0 aromatic rings. The molecule has 1 N–H and O–H groups in total. The van der Waals surface area contributed by atoms with Crippen LogP contribution in [0.4, 0.5) is 4.79 Å². The number of Topliss-reactive ketones (excluding diaryl/α,β-unsaturated/α-hetero) is 1. The fraction of sp³-hybridized carbons (Fsp3) is 0.704. The molecule has 0 aliphatic heterocycles. The number of aliphatic hydroxyl groups is 1. The van der Waals surface area contributed by atoms with Crippen LogP contribution in [-0.2, 0) is 28.6 Å². The lowest BCUT2D eigenvalue weighted by atomic mass is 9.45. The van der Waals surface area contributed by atoms with Crippen LogP contribution < -0.4 is 0 Å². The first-order chi connectivity index (χ1) is 16.8. The third kappa shape index (κ3) is 3.43. The molecule has 3 fully saturated rings. The third-order valence-corrected chi connectivity index (χ3v) is 10.6. The summed E-state index contributed by atoms with van der Waals surface area (Å²) in [5.41, 5.74) is -2.52. The van der Waals surface area contributed by atoms with Crippen LogP contribution in [0.5, 0.6) is 0 Å². The number of carbonyl (C=O) groups is 4. The highest BCUT2D eigenvalue weighted by Gasteiger charge is 2.76. The van der Waals surface area contributed by atoms with Crippen LogP contribution in [0.15, 0.2) is 23.8 Å². The second kappa shape index (κ2) is 8.98. The molecule has 0 radical (unpaired) electrons. The van der Waals surface area contributed by atoms with E-state index < -0.39 is 57.8 Å². The van der Waals surface area contributed by atoms with E-state index in [2.05, 4.69) is 0 Å². The summed E-state index contributed by atoms with van der Waals surface area (Å²) in [5.74, 6) is -2.03. The number of hydrogen-bond donors (Lipinski definition) is 1. The fourth-order valence-corrected chi connectivity index (χ4v) is 8.45. The maximum atomic E-state index is 13.8. The van der Waals surface area contributed by atoms with Crippen molar-refractivity contribution in [3.05, 3.63) is 23.8 Å². The SMILES string of the molecule is CCC(=O)OCC(=O)[C@@]1(OC(=O)OC)[C@H](C)C[C@H]2[C@@H]3CCC4=CC(=O)C=C[C@]4(C)[C@@]3(Cl)C(O)C[C@@]21C. The van der Waals surface area contributed by atoms with Gasteiger partial charge in [-0.15, -0.1) is 11.6 Å². The van der Waals surface area contributed by atoms with E-state index >= 15 is 0 Å². The number of hydrogen-bond acceptors (Lipinski definition) is 8. The number of allylic oxidation sites excluding steroid dienone is 4. The van der Waals surface area contributed by atoms with Crippen molar-refractivity contribution in [2.75, 3.05) is 13.7 Å². The summed E-state index contributed by atoms with van der Waals surface area (Å²) >= 11 is 7.45. The molecular formula is C27H35ClO8. The summed E-state index contributed by atoms with van der Waals surface area (Å²) in [5, 5.41) is 11.7. The summed E-state index contributed by atoms with van der Waals surface area (Å²) in [6.45, 7) is 6.73. The Morgan fingerprint density at radius 3 is 2.56 bits per heavy atom. The smallest absolute Gasteiger partial charge is 0.457 e. The van der Waals surface area contributed by atoms with Gasteiger partial charge in [0.15, 0.2) is 18.0 Å². The molecule has 0 aromatic heterocycles. The Kier molecular flexibility index (Phi) is 6.70. The van der Waals surface area contributed by atoms with Crippen molar-refractivity contribution < 1.29 is 38.5 Å². The van der Waals surface area contributed by atoms with Crippen LogP contribution >= 0.6 is 11.6 Å². The van der Waals surface area contributed by atoms with Crippen molar-refractivity contribution in [1.82, 2.24) is 0 Å². The minimum atomic E-state index is -1.67. The molecule has 0 spiro atoms. The number of alkyl halides is 1. The summed E-state index contributed by atoms with van der Waals surface area (Å²) in [4.78, 5) is 49.1. The van der Waals surface area contributed by atoms with Crippen molar-refractivity contribution in [2.24, 2.45) is 28.6 Å². The number of fused-ring (bicyclic) bond motifs is 5. The first kappa shape index (κ1) is 26.9. The van der Waals surface area contributed by atoms with Crippen LogP contribution in [0.2, 0.25) is 0 Å². The molecule has 8 atom stereocenters. The lowest BCUT2D eigenvalue weighted by Crippen LogP contribution is -2.69. The number of ether oxygens (including phenoxy) is 3. The van der Waals surface area contributed by atoms with E-state index in [4.69, 9.17) is 25.8 Å². The van der Waals surface area contributed by atoms with Crippen LogP contribution in [0.3, 0.4) is 0 Å². The monoisotopic (exact) mass is 522 g/mol. The summed E-state index contributed by atoms with van der Waals surface area (Å²) in [6.07, 6.45) is 4.80. The molecule has 198 valence electrons. The molecule has 0 heterocycles. The molecule has 0 aromatic carbocycles. The van der Waals surface area contributed by atoms with Gasteiger partial charge in [0.25, 0.3) is 0 Å². The Morgan fingerprint density at radius 1 is 1.22 bits per heavy atom. The van der Waals surface area contributed by atoms with Crippen LogP contribution in [0.1, 0.15) is 59.8 Å². The van der Waals surface area contributed by atoms with E-state index in [-0.39, 0.29) is 30.5 Å². The van der Waals surface area contributed by atoms with Crippen molar-refractivity contribution in [1.29, 1.82) is 0 Å². The number of halogens is 1. The van der Waals surface area contributed by atoms with Crippen molar-refractivity contribution in [3.63, 3.8) is 0 Å². The number of rotatable bonds is 5. The van der Waals surface area contributed by atoms with Crippen molar-refractivity contribution in [2.45, 2.75) is 76.4 Å². The number of esters is 1. The molecule has 4 aliphatic rings. The maximum absolute atomic E-state index is 13.8. The molecule has 0 amide bonds. The summed E-state index contributed by atoms with van der Waals surface area (Å²) < 4.78 is 15.8. The Bertz CT molecular complexity index is 1050. The standard InChI is InChI=1S/C27H35ClO8/c1-6-22(32)35-14-21(31)27(36-23(33)34-5)15(2)11-19-18-8-7-16-12-17(29)9-10-24(16,3)26(18,28)20(30)13-25(19,27)4/h9-10,12,15,18-20,30H,6-8,11,13-14H2,1-5H3/t15-,18+,19+,20?,24+,25+,26+,27+/m1/s1. The number of ketones is 2. The third-order valence-electron chi connectivity index (χ3n) is 9.66. The topological polar surface area (TPSA) is 116 Å². The van der Waals surface area contributed by atoms with Gasteiger partial charge in [-0.25, -0.2) is 4.79 Å². The lowest BCUT2D eigenvalue weighted by molar-refractivity contribution is -0.186. The molecule has 9 heteroatoms. The molecule has 4 aliphatic carbocycles. The average Bonchev–Trinajstić information content (AvgIpc) is 3.05. The van der Waals surface area contributed by atoms with Crippen LogP contribution in [0, 0.1) is 28.6 Å². The second-order valence-corrected chi connectivity index (χ2v) is 11.8. The molecule has 0 saturated heterocycles. The van der Waals surface area contributed by atoms with Crippen molar-refractivity contribution in [3.8, 4) is 0 Å². The summed E-state index contributed by atoms with van der Waals surface area (Å²) in [7, 11) is 1.17. The van der Waals surface area contributed by atoms with E-state index in [9.17, 15) is 24.3 Å². The minimum Gasteiger partial charge on any atom is -0.457 e. The first-order valence-electron chi connectivity index (χ1n) is 12.6. The molecule has 4 rings (SSSR count).